The molecule has 1 heterocycles. The molecule has 1 rings (SSSR count). The van der Waals surface area contributed by atoms with E-state index in [2.05, 4.69) is 15.0 Å². The fourth-order valence-corrected chi connectivity index (χ4v) is 1.93. The third-order valence-corrected chi connectivity index (χ3v) is 2.96. The Morgan fingerprint density at radius 2 is 2.05 bits per heavy atom. The highest BCUT2D eigenvalue weighted by molar-refractivity contribution is 6.02. The van der Waals surface area contributed by atoms with E-state index in [0.717, 1.165) is 30.9 Å². The van der Waals surface area contributed by atoms with Gasteiger partial charge < -0.3 is 20.7 Å². The molecule has 1 aromatic rings. The van der Waals surface area contributed by atoms with Crippen LogP contribution in [0.15, 0.2) is 17.4 Å². The molecule has 0 radical (unpaired) electrons. The lowest BCUT2D eigenvalue weighted by atomic mass is 10.1. The average molecular weight is 265 g/mol. The summed E-state index contributed by atoms with van der Waals surface area (Å²) in [4.78, 5) is 8.52. The van der Waals surface area contributed by atoms with Gasteiger partial charge in [-0.2, -0.15) is 0 Å². The van der Waals surface area contributed by atoms with E-state index in [4.69, 9.17) is 10.9 Å². The SMILES string of the molecule is Cc1ccnc(N(C)CCCN(C)C)c1/C(N)=N/O. The van der Waals surface area contributed by atoms with Crippen LogP contribution in [0.1, 0.15) is 17.5 Å². The summed E-state index contributed by atoms with van der Waals surface area (Å²) in [6.07, 6.45) is 2.76. The zero-order valence-electron chi connectivity index (χ0n) is 12.1. The van der Waals surface area contributed by atoms with Crippen LogP contribution >= 0.6 is 0 Å². The first kappa shape index (κ1) is 15.2. The molecule has 0 aliphatic carbocycles. The van der Waals surface area contributed by atoms with Gasteiger partial charge in [0.1, 0.15) is 5.82 Å². The maximum Gasteiger partial charge on any atom is 0.174 e. The summed E-state index contributed by atoms with van der Waals surface area (Å²) in [5.74, 6) is 0.842. The van der Waals surface area contributed by atoms with Gasteiger partial charge in [-0.05, 0) is 45.6 Å². The van der Waals surface area contributed by atoms with Crippen molar-refractivity contribution in [1.29, 1.82) is 0 Å². The van der Waals surface area contributed by atoms with Gasteiger partial charge in [-0.25, -0.2) is 4.98 Å². The van der Waals surface area contributed by atoms with Crippen molar-refractivity contribution in [1.82, 2.24) is 9.88 Å². The number of nitrogens with two attached hydrogens (primary N) is 1. The van der Waals surface area contributed by atoms with Crippen molar-refractivity contribution in [2.75, 3.05) is 39.1 Å². The third-order valence-electron chi connectivity index (χ3n) is 2.96. The van der Waals surface area contributed by atoms with Crippen LogP contribution in [-0.2, 0) is 0 Å². The Morgan fingerprint density at radius 1 is 1.37 bits per heavy atom. The Morgan fingerprint density at radius 3 is 2.63 bits per heavy atom. The molecule has 0 spiro atoms. The number of amidine groups is 1. The van der Waals surface area contributed by atoms with Gasteiger partial charge in [0.15, 0.2) is 5.84 Å². The molecule has 0 saturated heterocycles. The van der Waals surface area contributed by atoms with Gasteiger partial charge in [0.05, 0.1) is 5.56 Å². The molecule has 106 valence electrons. The Labute approximate surface area is 114 Å². The van der Waals surface area contributed by atoms with E-state index < -0.39 is 0 Å². The largest absolute Gasteiger partial charge is 0.409 e. The quantitative estimate of drug-likeness (QED) is 0.345. The Kier molecular flexibility index (Phi) is 5.57. The van der Waals surface area contributed by atoms with Crippen molar-refractivity contribution in [2.45, 2.75) is 13.3 Å². The van der Waals surface area contributed by atoms with Gasteiger partial charge in [-0.3, -0.25) is 0 Å². The summed E-state index contributed by atoms with van der Waals surface area (Å²) < 4.78 is 0. The smallest absolute Gasteiger partial charge is 0.174 e. The number of nitrogens with zero attached hydrogens (tertiary/aromatic N) is 4. The molecule has 0 unspecified atom stereocenters. The van der Waals surface area contributed by atoms with Crippen LogP contribution in [-0.4, -0.2) is 55.2 Å². The second-order valence-electron chi connectivity index (χ2n) is 4.89. The first-order chi connectivity index (χ1) is 8.97. The maximum atomic E-state index is 8.88. The van der Waals surface area contributed by atoms with Gasteiger partial charge in [0, 0.05) is 19.8 Å². The molecule has 0 bridgehead atoms. The average Bonchev–Trinajstić information content (AvgIpc) is 2.37. The lowest BCUT2D eigenvalue weighted by molar-refractivity contribution is 0.318. The van der Waals surface area contributed by atoms with Crippen LogP contribution < -0.4 is 10.6 Å². The summed E-state index contributed by atoms with van der Waals surface area (Å²) in [6, 6.07) is 1.85. The molecule has 6 nitrogen and oxygen atoms in total. The van der Waals surface area contributed by atoms with Crippen molar-refractivity contribution in [3.8, 4) is 0 Å². The summed E-state index contributed by atoms with van der Waals surface area (Å²) in [6.45, 7) is 3.79. The zero-order chi connectivity index (χ0) is 14.4. The Hall–Kier alpha value is -1.82. The molecule has 1 aromatic heterocycles. The minimum Gasteiger partial charge on any atom is -0.409 e. The normalized spacial score (nSPS) is 11.9. The minimum atomic E-state index is 0.0973. The second-order valence-corrected chi connectivity index (χ2v) is 4.89. The Balaban J connectivity index is 2.90. The molecule has 0 fully saturated rings. The molecule has 0 aliphatic heterocycles. The van der Waals surface area contributed by atoms with E-state index in [1.165, 1.54) is 0 Å². The fraction of sp³-hybridized carbons (Fsp3) is 0.538. The number of rotatable bonds is 6. The molecule has 0 aliphatic rings. The predicted molar refractivity (Wildman–Crippen MR) is 77.9 cm³/mol. The van der Waals surface area contributed by atoms with E-state index in [1.54, 1.807) is 6.20 Å². The third kappa shape index (κ3) is 4.10. The summed E-state index contributed by atoms with van der Waals surface area (Å²) in [7, 11) is 6.06. The molecule has 3 N–H and O–H groups in total. The highest BCUT2D eigenvalue weighted by atomic mass is 16.4. The van der Waals surface area contributed by atoms with Crippen molar-refractivity contribution < 1.29 is 5.21 Å². The monoisotopic (exact) mass is 265 g/mol. The van der Waals surface area contributed by atoms with E-state index >= 15 is 0 Å². The Bertz CT molecular complexity index is 445. The van der Waals surface area contributed by atoms with Gasteiger partial charge in [0.2, 0.25) is 0 Å². The van der Waals surface area contributed by atoms with Gasteiger partial charge in [0.25, 0.3) is 0 Å². The van der Waals surface area contributed by atoms with Crippen molar-refractivity contribution in [2.24, 2.45) is 10.9 Å². The number of hydrogen-bond acceptors (Lipinski definition) is 5. The molecular formula is C13H23N5O. The highest BCUT2D eigenvalue weighted by Crippen LogP contribution is 2.19. The van der Waals surface area contributed by atoms with Crippen LogP contribution in [0.4, 0.5) is 5.82 Å². The van der Waals surface area contributed by atoms with Crippen LogP contribution in [0.25, 0.3) is 0 Å². The summed E-state index contributed by atoms with van der Waals surface area (Å²) in [5.41, 5.74) is 7.37. The molecule has 0 aromatic carbocycles. The lowest BCUT2D eigenvalue weighted by Crippen LogP contribution is -2.27. The number of aryl methyl sites for hydroxylation is 1. The number of pyridine rings is 1. The lowest BCUT2D eigenvalue weighted by Gasteiger charge is -2.22. The van der Waals surface area contributed by atoms with E-state index in [1.807, 2.05) is 39.0 Å². The predicted octanol–water partition coefficient (Wildman–Crippen LogP) is 0.872. The van der Waals surface area contributed by atoms with Crippen molar-refractivity contribution >= 4 is 11.7 Å². The molecule has 0 amide bonds. The molecule has 6 heteroatoms. The van der Waals surface area contributed by atoms with E-state index in [-0.39, 0.29) is 5.84 Å². The minimum absolute atomic E-state index is 0.0973. The summed E-state index contributed by atoms with van der Waals surface area (Å²) in [5, 5.41) is 12.0. The van der Waals surface area contributed by atoms with E-state index in [0.29, 0.717) is 5.56 Å². The maximum absolute atomic E-state index is 8.88. The molecule has 0 atom stereocenters. The van der Waals surface area contributed by atoms with Crippen molar-refractivity contribution in [3.63, 3.8) is 0 Å². The highest BCUT2D eigenvalue weighted by Gasteiger charge is 2.15. The standard InChI is InChI=1S/C13H23N5O/c1-10-6-7-15-13(11(10)12(14)16-19)18(4)9-5-8-17(2)3/h6-7,19H,5,8-9H2,1-4H3,(H2,14,16). The van der Waals surface area contributed by atoms with Crippen LogP contribution in [0, 0.1) is 6.92 Å². The van der Waals surface area contributed by atoms with Gasteiger partial charge in [-0.15, -0.1) is 0 Å². The number of aromatic nitrogens is 1. The first-order valence-electron chi connectivity index (χ1n) is 6.26. The number of oxime groups is 1. The van der Waals surface area contributed by atoms with E-state index in [9.17, 15) is 0 Å². The molecule has 19 heavy (non-hydrogen) atoms. The zero-order valence-corrected chi connectivity index (χ0v) is 12.1. The molecule has 0 saturated carbocycles. The first-order valence-corrected chi connectivity index (χ1v) is 6.26. The number of anilines is 1. The van der Waals surface area contributed by atoms with Gasteiger partial charge in [-0.1, -0.05) is 5.16 Å². The van der Waals surface area contributed by atoms with Crippen molar-refractivity contribution in [3.05, 3.63) is 23.4 Å². The fourth-order valence-electron chi connectivity index (χ4n) is 1.93. The second kappa shape index (κ2) is 6.94. The number of hydrogen-bond donors (Lipinski definition) is 2. The van der Waals surface area contributed by atoms with Crippen LogP contribution in [0.5, 0.6) is 0 Å². The topological polar surface area (TPSA) is 78.0 Å². The van der Waals surface area contributed by atoms with Crippen LogP contribution in [0.3, 0.4) is 0 Å². The van der Waals surface area contributed by atoms with Gasteiger partial charge >= 0.3 is 0 Å². The molecular weight excluding hydrogens is 242 g/mol. The van der Waals surface area contributed by atoms with Crippen LogP contribution in [0.2, 0.25) is 0 Å². The summed E-state index contributed by atoms with van der Waals surface area (Å²) >= 11 is 0.